The van der Waals surface area contributed by atoms with Crippen molar-refractivity contribution in [1.29, 1.82) is 0 Å². The van der Waals surface area contributed by atoms with Gasteiger partial charge in [-0.25, -0.2) is 0 Å². The van der Waals surface area contributed by atoms with Crippen molar-refractivity contribution in [2.24, 2.45) is 11.8 Å². The van der Waals surface area contributed by atoms with Crippen LogP contribution in [-0.2, 0) is 0 Å². The van der Waals surface area contributed by atoms with Crippen LogP contribution in [0.4, 0.5) is 0 Å². The summed E-state index contributed by atoms with van der Waals surface area (Å²) in [6, 6.07) is 6.56. The molecule has 3 rings (SSSR count). The summed E-state index contributed by atoms with van der Waals surface area (Å²) < 4.78 is 5.78. The van der Waals surface area contributed by atoms with Crippen molar-refractivity contribution in [3.63, 3.8) is 0 Å². The lowest BCUT2D eigenvalue weighted by molar-refractivity contribution is 0.109. The molecule has 2 aliphatic carbocycles. The number of para-hydroxylation sites is 1. The van der Waals surface area contributed by atoms with E-state index in [-0.39, 0.29) is 6.61 Å². The maximum Gasteiger partial charge on any atom is 0.166 e. The fraction of sp³-hybridized carbons (Fsp3) is 0.632. The third-order valence-corrected chi connectivity index (χ3v) is 5.64. The molecule has 0 unspecified atom stereocenters. The highest BCUT2D eigenvalue weighted by atomic mass is 32.1. The minimum Gasteiger partial charge on any atom is -0.490 e. The maximum atomic E-state index is 10.1. The fourth-order valence-electron chi connectivity index (χ4n) is 4.12. The van der Waals surface area contributed by atoms with Crippen molar-refractivity contribution in [2.75, 3.05) is 13.2 Å². The van der Waals surface area contributed by atoms with Gasteiger partial charge in [-0.3, -0.25) is 0 Å². The second-order valence-electron chi connectivity index (χ2n) is 7.32. The molecule has 2 bridgehead atoms. The predicted octanol–water partition coefficient (Wildman–Crippen LogP) is 2.70. The van der Waals surface area contributed by atoms with Gasteiger partial charge in [0.25, 0.3) is 0 Å². The molecule has 0 spiro atoms. The van der Waals surface area contributed by atoms with Gasteiger partial charge in [-0.05, 0) is 68.3 Å². The number of aliphatic hydroxyl groups is 1. The van der Waals surface area contributed by atoms with Gasteiger partial charge >= 0.3 is 0 Å². The van der Waals surface area contributed by atoms with Crippen LogP contribution in [-0.4, -0.2) is 35.5 Å². The second kappa shape index (κ2) is 7.70. The lowest BCUT2D eigenvalue weighted by Crippen LogP contribution is -2.46. The van der Waals surface area contributed by atoms with E-state index in [1.165, 1.54) is 25.7 Å². The van der Waals surface area contributed by atoms with Crippen LogP contribution in [0.15, 0.2) is 18.2 Å². The number of ether oxygens (including phenoxy) is 1. The Balaban J connectivity index is 1.37. The largest absolute Gasteiger partial charge is 0.490 e. The van der Waals surface area contributed by atoms with E-state index in [0.717, 1.165) is 28.7 Å². The third-order valence-electron chi connectivity index (χ3n) is 5.38. The monoisotopic (exact) mass is 348 g/mol. The zero-order chi connectivity index (χ0) is 17.1. The van der Waals surface area contributed by atoms with E-state index in [4.69, 9.17) is 17.0 Å². The molecule has 0 heterocycles. The minimum atomic E-state index is -0.594. The highest BCUT2D eigenvalue weighted by Crippen LogP contribution is 2.44. The van der Waals surface area contributed by atoms with E-state index in [0.29, 0.717) is 17.7 Å². The van der Waals surface area contributed by atoms with Gasteiger partial charge in [-0.15, -0.1) is 0 Å². The average molecular weight is 349 g/mol. The number of hydrogen-bond acceptors (Lipinski definition) is 3. The molecule has 0 aromatic heterocycles. The van der Waals surface area contributed by atoms with Crippen LogP contribution in [0.2, 0.25) is 0 Å². The molecule has 2 aliphatic rings. The first-order chi connectivity index (χ1) is 11.5. The molecule has 1 aromatic rings. The van der Waals surface area contributed by atoms with Crippen LogP contribution in [0.1, 0.15) is 36.8 Å². The van der Waals surface area contributed by atoms with E-state index in [9.17, 15) is 5.11 Å². The molecule has 0 amide bonds. The van der Waals surface area contributed by atoms with Crippen LogP contribution in [0.3, 0.4) is 0 Å². The topological polar surface area (TPSA) is 53.5 Å². The van der Waals surface area contributed by atoms with Crippen LogP contribution in [0, 0.1) is 25.7 Å². The van der Waals surface area contributed by atoms with Crippen LogP contribution in [0.5, 0.6) is 5.75 Å². The quantitative estimate of drug-likeness (QED) is 0.690. The molecule has 24 heavy (non-hydrogen) atoms. The van der Waals surface area contributed by atoms with Gasteiger partial charge in [0.05, 0.1) is 0 Å². The number of hydrogen-bond donors (Lipinski definition) is 3. The molecule has 3 N–H and O–H groups in total. The molecule has 1 aromatic carbocycles. The number of aliphatic hydroxyl groups excluding tert-OH is 1. The summed E-state index contributed by atoms with van der Waals surface area (Å²) in [6.45, 7) is 4.69. The standard InChI is InChI=1S/C19H28N2O2S/c1-12-4-3-5-13(2)18(12)23-11-16(22)10-20-19(24)21-17-9-14-6-7-15(17)8-14/h3-5,14-17,22H,6-11H2,1-2H3,(H2,20,21,24)/t14-,15-,16-,17+/m0/s1. The Morgan fingerprint density at radius 2 is 2.04 bits per heavy atom. The predicted molar refractivity (Wildman–Crippen MR) is 100 cm³/mol. The summed E-state index contributed by atoms with van der Waals surface area (Å²) in [5.41, 5.74) is 2.17. The fourth-order valence-corrected chi connectivity index (χ4v) is 4.35. The van der Waals surface area contributed by atoms with Crippen LogP contribution >= 0.6 is 12.2 Å². The normalized spacial score (nSPS) is 26.2. The average Bonchev–Trinajstić information content (AvgIpc) is 3.15. The van der Waals surface area contributed by atoms with Crippen molar-refractivity contribution in [1.82, 2.24) is 10.6 Å². The van der Waals surface area contributed by atoms with Crippen molar-refractivity contribution < 1.29 is 9.84 Å². The minimum absolute atomic E-state index is 0.259. The van der Waals surface area contributed by atoms with Crippen molar-refractivity contribution in [2.45, 2.75) is 51.7 Å². The van der Waals surface area contributed by atoms with Crippen molar-refractivity contribution in [3.8, 4) is 5.75 Å². The Hall–Kier alpha value is -1.33. The van der Waals surface area contributed by atoms with Gasteiger partial charge in [0.2, 0.25) is 0 Å². The zero-order valence-corrected chi connectivity index (χ0v) is 15.4. The smallest absolute Gasteiger partial charge is 0.166 e. The molecule has 2 saturated carbocycles. The van der Waals surface area contributed by atoms with Crippen LogP contribution < -0.4 is 15.4 Å². The SMILES string of the molecule is Cc1cccc(C)c1OC[C@@H](O)CNC(=S)N[C@@H]1C[C@H]2CC[C@H]1C2. The summed E-state index contributed by atoms with van der Waals surface area (Å²) in [6.07, 6.45) is 4.72. The molecule has 5 heteroatoms. The zero-order valence-electron chi connectivity index (χ0n) is 14.5. The number of benzene rings is 1. The molecule has 4 atom stereocenters. The summed E-state index contributed by atoms with van der Waals surface area (Å²) >= 11 is 5.37. The first kappa shape index (κ1) is 17.5. The Morgan fingerprint density at radius 3 is 2.67 bits per heavy atom. The van der Waals surface area contributed by atoms with Crippen molar-refractivity contribution >= 4 is 17.3 Å². The molecular formula is C19H28N2O2S. The van der Waals surface area contributed by atoms with E-state index < -0.39 is 6.10 Å². The van der Waals surface area contributed by atoms with Gasteiger partial charge in [-0.2, -0.15) is 0 Å². The van der Waals surface area contributed by atoms with E-state index >= 15 is 0 Å². The number of fused-ring (bicyclic) bond motifs is 2. The Labute approximate surface area is 150 Å². The molecule has 0 radical (unpaired) electrons. The van der Waals surface area contributed by atoms with Crippen molar-refractivity contribution in [3.05, 3.63) is 29.3 Å². The summed E-state index contributed by atoms with van der Waals surface area (Å²) in [5, 5.41) is 17.3. The molecule has 0 aliphatic heterocycles. The Kier molecular flexibility index (Phi) is 5.61. The highest BCUT2D eigenvalue weighted by Gasteiger charge is 2.39. The third kappa shape index (κ3) is 4.19. The number of aryl methyl sites for hydroxylation is 2. The van der Waals surface area contributed by atoms with Gasteiger partial charge in [0, 0.05) is 12.6 Å². The molecule has 4 nitrogen and oxygen atoms in total. The number of thiocarbonyl (C=S) groups is 1. The van der Waals surface area contributed by atoms with Gasteiger partial charge in [0.15, 0.2) is 5.11 Å². The first-order valence-electron chi connectivity index (χ1n) is 8.94. The van der Waals surface area contributed by atoms with Gasteiger partial charge in [0.1, 0.15) is 18.5 Å². The Bertz CT molecular complexity index is 572. The van der Waals surface area contributed by atoms with Gasteiger partial charge in [-0.1, -0.05) is 24.6 Å². The molecule has 0 saturated heterocycles. The summed E-state index contributed by atoms with van der Waals surface area (Å²) in [5.74, 6) is 2.54. The molecule has 2 fully saturated rings. The lowest BCUT2D eigenvalue weighted by Gasteiger charge is -2.25. The molecule has 132 valence electrons. The number of nitrogens with one attached hydrogen (secondary N) is 2. The van der Waals surface area contributed by atoms with Crippen LogP contribution in [0.25, 0.3) is 0 Å². The van der Waals surface area contributed by atoms with Gasteiger partial charge < -0.3 is 20.5 Å². The summed E-state index contributed by atoms with van der Waals surface area (Å²) in [4.78, 5) is 0. The lowest BCUT2D eigenvalue weighted by atomic mass is 9.96. The second-order valence-corrected chi connectivity index (χ2v) is 7.73. The van der Waals surface area contributed by atoms with E-state index in [2.05, 4.69) is 10.6 Å². The van der Waals surface area contributed by atoms with E-state index in [1.54, 1.807) is 0 Å². The first-order valence-corrected chi connectivity index (χ1v) is 9.35. The maximum absolute atomic E-state index is 10.1. The highest BCUT2D eigenvalue weighted by molar-refractivity contribution is 7.80. The summed E-state index contributed by atoms with van der Waals surface area (Å²) in [7, 11) is 0. The van der Waals surface area contributed by atoms with E-state index in [1.807, 2.05) is 32.0 Å². The molecular weight excluding hydrogens is 320 g/mol. The Morgan fingerprint density at radius 1 is 1.29 bits per heavy atom. The number of rotatable bonds is 6.